The smallest absolute Gasteiger partial charge is 0.384 e. The van der Waals surface area contributed by atoms with Crippen LogP contribution in [-0.4, -0.2) is 33.0 Å². The molecular weight excluding hydrogens is 995 g/mol. The lowest BCUT2D eigenvalue weighted by atomic mass is 9.64. The van der Waals surface area contributed by atoms with Gasteiger partial charge in [0.05, 0.1) is 34.8 Å². The number of rotatable bonds is 12. The monoisotopic (exact) mass is 1050 g/mol. The zero-order valence-electron chi connectivity index (χ0n) is 45.2. The molecule has 82 heavy (non-hydrogen) atoms. The van der Waals surface area contributed by atoms with Gasteiger partial charge in [0, 0.05) is 51.2 Å². The van der Waals surface area contributed by atoms with E-state index >= 15 is 0 Å². The predicted octanol–water partition coefficient (Wildman–Crippen LogP) is 15.1. The molecule has 0 amide bonds. The Morgan fingerprint density at radius 1 is 0.232 bits per heavy atom. The van der Waals surface area contributed by atoms with Gasteiger partial charge in [-0.05, 0) is 150 Å². The average molecular weight is 1050 g/mol. The van der Waals surface area contributed by atoms with Crippen LogP contribution in [0.4, 0.5) is 73.9 Å². The molecule has 1 aliphatic carbocycles. The fourth-order valence-corrected chi connectivity index (χ4v) is 13.1. The molecule has 1 fully saturated rings. The van der Waals surface area contributed by atoms with Crippen LogP contribution in [0, 0.1) is 0 Å². The highest BCUT2D eigenvalue weighted by Gasteiger charge is 2.50. The number of allylic oxidation sites excluding steroid dienone is 2. The van der Waals surface area contributed by atoms with E-state index in [0.29, 0.717) is 0 Å². The van der Waals surface area contributed by atoms with Crippen LogP contribution in [0.1, 0.15) is 0 Å². The molecule has 2 unspecified atom stereocenters. The predicted molar refractivity (Wildman–Crippen MR) is 348 cm³/mol. The van der Waals surface area contributed by atoms with Crippen molar-refractivity contribution in [1.29, 1.82) is 0 Å². The molecule has 7 nitrogen and oxygen atoms in total. The van der Waals surface area contributed by atoms with Crippen molar-refractivity contribution in [2.45, 2.75) is 12.1 Å². The maximum atomic E-state index is 2.60. The van der Waals surface area contributed by atoms with Gasteiger partial charge in [0.15, 0.2) is 0 Å². The van der Waals surface area contributed by atoms with Crippen LogP contribution in [-0.2, 0) is 0 Å². The largest absolute Gasteiger partial charge is 0.420 e. The van der Waals surface area contributed by atoms with Gasteiger partial charge in [0.25, 0.3) is 0 Å². The van der Waals surface area contributed by atoms with Crippen LogP contribution in [0.25, 0.3) is 0 Å². The van der Waals surface area contributed by atoms with Gasteiger partial charge in [-0.15, -0.1) is 0 Å². The Morgan fingerprint density at radius 3 is 0.732 bits per heavy atom. The topological polar surface area (TPSA) is 22.7 Å². The normalized spacial score (nSPS) is 16.0. The molecule has 11 aromatic carbocycles. The number of benzene rings is 11. The van der Waals surface area contributed by atoms with E-state index in [-0.39, 0.29) is 33.0 Å². The molecule has 11 aromatic rings. The van der Waals surface area contributed by atoms with E-state index in [2.05, 4.69) is 361 Å². The highest BCUT2D eigenvalue weighted by molar-refractivity contribution is 6.85. The Kier molecular flexibility index (Phi) is 12.5. The number of anilines is 13. The summed E-state index contributed by atoms with van der Waals surface area (Å²) in [7, 11) is 0. The molecule has 0 spiro atoms. The van der Waals surface area contributed by atoms with Crippen molar-refractivity contribution >= 4 is 111 Å². The number of hydrogen-bond donors (Lipinski definition) is 0. The minimum atomic E-state index is -0.154. The summed E-state index contributed by atoms with van der Waals surface area (Å²) >= 11 is 0. The quantitative estimate of drug-likeness (QED) is 0.112. The van der Waals surface area contributed by atoms with Crippen LogP contribution in [0.2, 0.25) is 0 Å². The fraction of sp³-hybridized carbons (Fsp3) is 0.0278. The van der Waals surface area contributed by atoms with Crippen molar-refractivity contribution < 1.29 is 0 Å². The first kappa shape index (κ1) is 48.8. The molecule has 0 bridgehead atoms. The minimum Gasteiger partial charge on any atom is -0.384 e. The number of nitrogens with zero attached hydrogens (tertiary/aromatic N) is 7. The second-order valence-corrected chi connectivity index (χ2v) is 21.3. The van der Waals surface area contributed by atoms with E-state index in [4.69, 9.17) is 0 Å². The van der Waals surface area contributed by atoms with Gasteiger partial charge < -0.3 is 33.8 Å². The Morgan fingerprint density at radius 2 is 0.463 bits per heavy atom. The van der Waals surface area contributed by atoms with Crippen LogP contribution >= 0.6 is 0 Å². The van der Waals surface area contributed by atoms with E-state index in [1.165, 1.54) is 50.5 Å². The van der Waals surface area contributed by atoms with Gasteiger partial charge in [-0.1, -0.05) is 194 Å². The van der Waals surface area contributed by atoms with E-state index in [1.807, 2.05) is 0 Å². The summed E-state index contributed by atoms with van der Waals surface area (Å²) in [6.45, 7) is -0.391. The number of fused-ring (bicyclic) bond motifs is 3. The highest BCUT2D eigenvalue weighted by Crippen LogP contribution is 2.48. The van der Waals surface area contributed by atoms with Gasteiger partial charge in [0.1, 0.15) is 0 Å². The van der Waals surface area contributed by atoms with E-state index in [1.54, 1.807) is 0 Å². The van der Waals surface area contributed by atoms with Crippen molar-refractivity contribution in [2.24, 2.45) is 0 Å². The summed E-state index contributed by atoms with van der Waals surface area (Å²) in [4.78, 5) is 17.5. The first-order valence-corrected chi connectivity index (χ1v) is 28.4. The molecule has 0 saturated carbocycles. The Balaban J connectivity index is 0.862. The third-order valence-electron chi connectivity index (χ3n) is 16.6. The molecule has 0 radical (unpaired) electrons. The van der Waals surface area contributed by atoms with Gasteiger partial charge in [-0.25, -0.2) is 0 Å². The van der Waals surface area contributed by atoms with Gasteiger partial charge in [0.2, 0.25) is 0 Å². The molecule has 1 saturated heterocycles. The summed E-state index contributed by atoms with van der Waals surface area (Å²) < 4.78 is 0. The average Bonchev–Trinajstić information content (AvgIpc) is 4.41. The lowest BCUT2D eigenvalue weighted by molar-refractivity contribution is 0.745. The standard InChI is InChI=1S/C72H56B3N7/c1-7-25-61(26-8-1)77-67-37-19-20-38-68(67)78(62-27-9-2-10-28-62)73(77)55-43-49-58(50-44-55)76(59-51-45-56(46-52-59)74-79(63-29-11-3-12-30-63)69-39-21-22-40-70(69)80(74)64-31-13-4-14-32-64)60-53-47-57(48-54-60)75-81(65-33-15-5-16-34-65)71-41-23-24-42-72(71)82(75)66-35-17-6-18-36-66/h1-54,67-68H. The Hall–Kier alpha value is -10.3. The van der Waals surface area contributed by atoms with Crippen LogP contribution in [0.15, 0.2) is 328 Å². The zero-order valence-corrected chi connectivity index (χ0v) is 45.2. The van der Waals surface area contributed by atoms with Crippen LogP contribution in [0.3, 0.4) is 0 Å². The SMILES string of the molecule is C1=CC2C(C=C1)N(c1ccccc1)B(c1ccc(N(c3ccc(B4N(c5ccccc5)c5ccccc5N4c4ccccc4)cc3)c3ccc(B4N(c5ccccc5)c5ccccc5N4c4ccccc4)cc3)cc1)N2c1ccccc1. The first-order chi connectivity index (χ1) is 40.7. The summed E-state index contributed by atoms with van der Waals surface area (Å²) in [6, 6.07) is 111. The van der Waals surface area contributed by atoms with E-state index in [9.17, 15) is 0 Å². The van der Waals surface area contributed by atoms with Gasteiger partial charge >= 0.3 is 20.9 Å². The second-order valence-electron chi connectivity index (χ2n) is 21.3. The maximum absolute atomic E-state index is 2.60. The molecular formula is C72H56B3N7. The van der Waals surface area contributed by atoms with Crippen molar-refractivity contribution in [3.63, 3.8) is 0 Å². The molecule has 0 N–H and O–H groups in total. The number of para-hydroxylation sites is 10. The molecule has 4 aliphatic rings. The van der Waals surface area contributed by atoms with E-state index < -0.39 is 0 Å². The number of hydrogen-bond acceptors (Lipinski definition) is 7. The third-order valence-corrected chi connectivity index (χ3v) is 16.6. The summed E-state index contributed by atoms with van der Waals surface area (Å²) in [5.74, 6) is 0. The highest BCUT2D eigenvalue weighted by atomic mass is 15.3. The van der Waals surface area contributed by atoms with Crippen molar-refractivity contribution in [1.82, 2.24) is 0 Å². The Labute approximate surface area is 482 Å². The lowest BCUT2D eigenvalue weighted by Crippen LogP contribution is -2.55. The molecule has 10 heteroatoms. The third kappa shape index (κ3) is 8.50. The molecule has 0 aromatic heterocycles. The first-order valence-electron chi connectivity index (χ1n) is 28.4. The zero-order chi connectivity index (χ0) is 54.3. The molecule has 15 rings (SSSR count). The van der Waals surface area contributed by atoms with Crippen molar-refractivity contribution in [3.8, 4) is 0 Å². The summed E-state index contributed by atoms with van der Waals surface area (Å²) in [6.07, 6.45) is 9.13. The maximum Gasteiger partial charge on any atom is 0.420 e. The van der Waals surface area contributed by atoms with E-state index in [0.717, 1.165) is 39.8 Å². The minimum absolute atomic E-state index is 0.0837. The molecule has 388 valence electrons. The second kappa shape index (κ2) is 21.1. The molecule has 2 atom stereocenters. The van der Waals surface area contributed by atoms with Crippen LogP contribution < -0.4 is 50.2 Å². The summed E-state index contributed by atoms with van der Waals surface area (Å²) in [5, 5.41) is 0. The van der Waals surface area contributed by atoms with Crippen molar-refractivity contribution in [2.75, 3.05) is 33.8 Å². The van der Waals surface area contributed by atoms with Crippen molar-refractivity contribution in [3.05, 3.63) is 328 Å². The Bertz CT molecular complexity index is 3670. The molecule has 3 aliphatic heterocycles. The van der Waals surface area contributed by atoms with Gasteiger partial charge in [-0.3, -0.25) is 0 Å². The summed E-state index contributed by atoms with van der Waals surface area (Å²) in [5.41, 5.74) is 18.3. The lowest BCUT2D eigenvalue weighted by Gasteiger charge is -2.32. The molecule has 3 heterocycles. The van der Waals surface area contributed by atoms with Gasteiger partial charge in [-0.2, -0.15) is 0 Å². The fourth-order valence-electron chi connectivity index (χ4n) is 13.1. The van der Waals surface area contributed by atoms with Crippen LogP contribution in [0.5, 0.6) is 0 Å².